The molecule has 9 heteroatoms. The number of aromatic hydroxyl groups is 1. The van der Waals surface area contributed by atoms with E-state index < -0.39 is 11.4 Å². The number of unbranched alkanes of at least 4 members (excludes halogenated alkanes) is 1. The highest BCUT2D eigenvalue weighted by atomic mass is 35.5. The van der Waals surface area contributed by atoms with Crippen LogP contribution in [0.25, 0.3) is 5.69 Å². The second-order valence-electron chi connectivity index (χ2n) is 5.21. The van der Waals surface area contributed by atoms with Crippen LogP contribution in [-0.2, 0) is 4.79 Å². The third-order valence-electron chi connectivity index (χ3n) is 3.33. The number of hydrogen-bond donors (Lipinski definition) is 3. The zero-order chi connectivity index (χ0) is 18.4. The normalized spacial score (nSPS) is 11.0. The Balaban J connectivity index is 2.37. The Morgan fingerprint density at radius 1 is 1.52 bits per heavy atom. The fourth-order valence-corrected chi connectivity index (χ4v) is 2.54. The molecule has 3 N–H and O–H groups in total. The first-order valence-corrected chi connectivity index (χ1v) is 8.38. The first kappa shape index (κ1) is 18.9. The van der Waals surface area contributed by atoms with Gasteiger partial charge in [0.1, 0.15) is 5.56 Å². The SMILES string of the molecule is CCCCC(=O)N/N=C/c1c(O)n(-c2cccc(Cl)c2)c(=S)[nH]c1=O. The molecule has 1 heterocycles. The number of aromatic amines is 1. The van der Waals surface area contributed by atoms with Gasteiger partial charge in [-0.2, -0.15) is 5.10 Å². The Labute approximate surface area is 154 Å². The van der Waals surface area contributed by atoms with E-state index in [1.165, 1.54) is 4.57 Å². The number of amides is 1. The van der Waals surface area contributed by atoms with Crippen LogP contribution < -0.4 is 11.0 Å². The van der Waals surface area contributed by atoms with Crippen molar-refractivity contribution in [2.75, 3.05) is 0 Å². The maximum Gasteiger partial charge on any atom is 0.264 e. The van der Waals surface area contributed by atoms with Crippen LogP contribution in [0.2, 0.25) is 5.02 Å². The van der Waals surface area contributed by atoms with E-state index in [0.717, 1.165) is 19.1 Å². The van der Waals surface area contributed by atoms with Crippen molar-refractivity contribution in [1.82, 2.24) is 15.0 Å². The fraction of sp³-hybridized carbons (Fsp3) is 0.250. The van der Waals surface area contributed by atoms with Crippen molar-refractivity contribution >= 4 is 35.9 Å². The number of hydrogen-bond acceptors (Lipinski definition) is 5. The fourth-order valence-electron chi connectivity index (χ4n) is 2.07. The summed E-state index contributed by atoms with van der Waals surface area (Å²) in [6.45, 7) is 1.97. The average Bonchev–Trinajstić information content (AvgIpc) is 2.55. The van der Waals surface area contributed by atoms with Crippen molar-refractivity contribution in [2.45, 2.75) is 26.2 Å². The number of benzene rings is 1. The molecular formula is C16H17ClN4O3S. The molecule has 2 aromatic rings. The van der Waals surface area contributed by atoms with Gasteiger partial charge in [-0.25, -0.2) is 5.43 Å². The van der Waals surface area contributed by atoms with Crippen LogP contribution in [0.4, 0.5) is 0 Å². The molecule has 1 amide bonds. The molecule has 2 rings (SSSR count). The summed E-state index contributed by atoms with van der Waals surface area (Å²) in [7, 11) is 0. The molecule has 0 aliphatic heterocycles. The Morgan fingerprint density at radius 3 is 2.96 bits per heavy atom. The van der Waals surface area contributed by atoms with E-state index in [2.05, 4.69) is 15.5 Å². The summed E-state index contributed by atoms with van der Waals surface area (Å²) in [6, 6.07) is 6.62. The molecule has 0 saturated heterocycles. The van der Waals surface area contributed by atoms with Gasteiger partial charge in [0.05, 0.1) is 11.9 Å². The van der Waals surface area contributed by atoms with Crippen molar-refractivity contribution in [3.05, 3.63) is 50.0 Å². The van der Waals surface area contributed by atoms with Crippen LogP contribution in [0.15, 0.2) is 34.2 Å². The first-order chi connectivity index (χ1) is 11.9. The van der Waals surface area contributed by atoms with Gasteiger partial charge in [0, 0.05) is 11.4 Å². The van der Waals surface area contributed by atoms with Gasteiger partial charge in [-0.1, -0.05) is 31.0 Å². The standard InChI is InChI=1S/C16H17ClN4O3S/c1-2-3-7-13(22)20-18-9-12-14(23)19-16(25)21(15(12)24)11-6-4-5-10(17)8-11/h4-6,8-9,24H,2-3,7H2,1H3,(H,20,22)(H,19,23,25)/b18-9+. The Bertz CT molecular complexity index is 920. The zero-order valence-electron chi connectivity index (χ0n) is 13.5. The van der Waals surface area contributed by atoms with E-state index in [-0.39, 0.29) is 16.2 Å². The molecule has 0 radical (unpaired) electrons. The molecule has 0 bridgehead atoms. The van der Waals surface area contributed by atoms with E-state index in [0.29, 0.717) is 17.1 Å². The topological polar surface area (TPSA) is 99.5 Å². The third kappa shape index (κ3) is 4.77. The molecule has 0 aliphatic carbocycles. The molecule has 0 fully saturated rings. The minimum Gasteiger partial charge on any atom is -0.494 e. The number of aromatic nitrogens is 2. The van der Waals surface area contributed by atoms with Crippen LogP contribution >= 0.6 is 23.8 Å². The summed E-state index contributed by atoms with van der Waals surface area (Å²) in [5.74, 6) is -0.667. The molecule has 25 heavy (non-hydrogen) atoms. The number of rotatable bonds is 6. The maximum atomic E-state index is 12.0. The van der Waals surface area contributed by atoms with Crippen LogP contribution in [0, 0.1) is 4.77 Å². The summed E-state index contributed by atoms with van der Waals surface area (Å²) in [5.41, 5.74) is 2.04. The predicted octanol–water partition coefficient (Wildman–Crippen LogP) is 2.89. The van der Waals surface area contributed by atoms with Crippen molar-refractivity contribution < 1.29 is 9.90 Å². The zero-order valence-corrected chi connectivity index (χ0v) is 15.0. The van der Waals surface area contributed by atoms with Gasteiger partial charge in [-0.15, -0.1) is 0 Å². The summed E-state index contributed by atoms with van der Waals surface area (Å²) in [6.07, 6.45) is 3.04. The summed E-state index contributed by atoms with van der Waals surface area (Å²) >= 11 is 11.1. The number of carbonyl (C=O) groups is 1. The third-order valence-corrected chi connectivity index (χ3v) is 3.85. The van der Waals surface area contributed by atoms with Gasteiger partial charge in [0.25, 0.3) is 5.56 Å². The van der Waals surface area contributed by atoms with E-state index in [1.54, 1.807) is 24.3 Å². The summed E-state index contributed by atoms with van der Waals surface area (Å²) in [4.78, 5) is 26.0. The highest BCUT2D eigenvalue weighted by molar-refractivity contribution is 7.71. The van der Waals surface area contributed by atoms with Crippen molar-refractivity contribution in [1.29, 1.82) is 0 Å². The molecule has 0 atom stereocenters. The molecular weight excluding hydrogens is 364 g/mol. The van der Waals surface area contributed by atoms with E-state index in [4.69, 9.17) is 23.8 Å². The van der Waals surface area contributed by atoms with Crippen LogP contribution in [0.3, 0.4) is 0 Å². The molecule has 1 aromatic carbocycles. The van der Waals surface area contributed by atoms with Crippen molar-refractivity contribution in [3.63, 3.8) is 0 Å². The van der Waals surface area contributed by atoms with Gasteiger partial charge in [-0.05, 0) is 36.8 Å². The predicted molar refractivity (Wildman–Crippen MR) is 99.2 cm³/mol. The molecule has 0 aliphatic rings. The Hall–Kier alpha value is -2.45. The molecule has 7 nitrogen and oxygen atoms in total. The Kier molecular flexibility index (Phi) is 6.49. The number of H-pyrrole nitrogens is 1. The number of nitrogens with zero attached hydrogens (tertiary/aromatic N) is 2. The van der Waals surface area contributed by atoms with Crippen molar-refractivity contribution in [3.8, 4) is 11.6 Å². The van der Waals surface area contributed by atoms with E-state index >= 15 is 0 Å². The van der Waals surface area contributed by atoms with Gasteiger partial charge in [0.15, 0.2) is 4.77 Å². The molecule has 1 aromatic heterocycles. The second kappa shape index (κ2) is 8.59. The van der Waals surface area contributed by atoms with E-state index in [1.807, 2.05) is 6.92 Å². The molecule has 132 valence electrons. The number of carbonyl (C=O) groups excluding carboxylic acids is 1. The molecule has 0 spiro atoms. The second-order valence-corrected chi connectivity index (χ2v) is 6.03. The molecule has 0 saturated carbocycles. The van der Waals surface area contributed by atoms with Gasteiger partial charge < -0.3 is 5.11 Å². The summed E-state index contributed by atoms with van der Waals surface area (Å²) < 4.78 is 1.26. The minimum absolute atomic E-state index is 0.00824. The number of nitrogens with one attached hydrogen (secondary N) is 2. The van der Waals surface area contributed by atoms with Crippen molar-refractivity contribution in [2.24, 2.45) is 5.10 Å². The maximum absolute atomic E-state index is 12.0. The average molecular weight is 381 g/mol. The highest BCUT2D eigenvalue weighted by Gasteiger charge is 2.13. The highest BCUT2D eigenvalue weighted by Crippen LogP contribution is 2.21. The minimum atomic E-state index is -0.618. The summed E-state index contributed by atoms with van der Waals surface area (Å²) in [5, 5.41) is 14.6. The van der Waals surface area contributed by atoms with E-state index in [9.17, 15) is 14.7 Å². The Morgan fingerprint density at radius 2 is 2.28 bits per heavy atom. The lowest BCUT2D eigenvalue weighted by Gasteiger charge is -2.11. The van der Waals surface area contributed by atoms with Crippen LogP contribution in [0.5, 0.6) is 5.88 Å². The number of halogens is 1. The lowest BCUT2D eigenvalue weighted by molar-refractivity contribution is -0.121. The van der Waals surface area contributed by atoms with Gasteiger partial charge in [0.2, 0.25) is 11.8 Å². The number of hydrazone groups is 1. The lowest BCUT2D eigenvalue weighted by atomic mass is 10.2. The van der Waals surface area contributed by atoms with Crippen LogP contribution in [0.1, 0.15) is 31.7 Å². The van der Waals surface area contributed by atoms with Gasteiger partial charge >= 0.3 is 0 Å². The smallest absolute Gasteiger partial charge is 0.264 e. The largest absolute Gasteiger partial charge is 0.494 e. The molecule has 0 unspecified atom stereocenters. The monoisotopic (exact) mass is 380 g/mol. The quantitative estimate of drug-likeness (QED) is 0.407. The lowest BCUT2D eigenvalue weighted by Crippen LogP contribution is -2.21. The first-order valence-electron chi connectivity index (χ1n) is 7.60. The van der Waals surface area contributed by atoms with Gasteiger partial charge in [-0.3, -0.25) is 19.1 Å². The van der Waals surface area contributed by atoms with Crippen LogP contribution in [-0.4, -0.2) is 26.8 Å².